The number of carbonyl (C=O) groups is 1. The maximum atomic E-state index is 14.1. The van der Waals surface area contributed by atoms with Gasteiger partial charge in [-0.05, 0) is 37.1 Å². The number of benzene rings is 2. The molecule has 0 atom stereocenters. The number of halogens is 2. The van der Waals surface area contributed by atoms with Gasteiger partial charge >= 0.3 is 0 Å². The largest absolute Gasteiger partial charge is 0.493 e. The van der Waals surface area contributed by atoms with Crippen LogP contribution >= 0.6 is 0 Å². The minimum atomic E-state index is -0.867. The van der Waals surface area contributed by atoms with Gasteiger partial charge in [-0.25, -0.2) is 8.78 Å². The molecule has 0 aliphatic carbocycles. The van der Waals surface area contributed by atoms with Crippen LogP contribution in [0.25, 0.3) is 0 Å². The van der Waals surface area contributed by atoms with Crippen molar-refractivity contribution >= 4 is 5.78 Å². The number of hydrogen-bond donors (Lipinski definition) is 0. The molecular formula is C17H16F2O2. The van der Waals surface area contributed by atoms with Gasteiger partial charge in [0.25, 0.3) is 0 Å². The van der Waals surface area contributed by atoms with Crippen LogP contribution in [0.1, 0.15) is 34.8 Å². The minimum Gasteiger partial charge on any atom is -0.493 e. The quantitative estimate of drug-likeness (QED) is 0.768. The van der Waals surface area contributed by atoms with Crippen molar-refractivity contribution in [1.82, 2.24) is 0 Å². The van der Waals surface area contributed by atoms with E-state index in [1.165, 1.54) is 19.1 Å². The summed E-state index contributed by atoms with van der Waals surface area (Å²) in [5, 5.41) is 0. The Morgan fingerprint density at radius 3 is 2.57 bits per heavy atom. The lowest BCUT2D eigenvalue weighted by atomic mass is 9.99. The maximum Gasteiger partial charge on any atom is 0.202 e. The Balaban J connectivity index is 2.48. The SMILES string of the molecule is CCCOc1ccccc1C(=O)c1c(F)ccc(C)c1F. The third-order valence-electron chi connectivity index (χ3n) is 3.10. The van der Waals surface area contributed by atoms with E-state index in [-0.39, 0.29) is 11.1 Å². The number of rotatable bonds is 5. The summed E-state index contributed by atoms with van der Waals surface area (Å²) in [6.45, 7) is 3.86. The van der Waals surface area contributed by atoms with Gasteiger partial charge in [-0.15, -0.1) is 0 Å². The average Bonchev–Trinajstić information content (AvgIpc) is 2.49. The standard InChI is InChI=1S/C17H16F2O2/c1-3-10-21-14-7-5-4-6-12(14)17(20)15-13(18)9-8-11(2)16(15)19/h4-9H,3,10H2,1-2H3. The lowest BCUT2D eigenvalue weighted by molar-refractivity contribution is 0.102. The fraction of sp³-hybridized carbons (Fsp3) is 0.235. The molecule has 21 heavy (non-hydrogen) atoms. The fourth-order valence-corrected chi connectivity index (χ4v) is 1.99. The topological polar surface area (TPSA) is 26.3 Å². The van der Waals surface area contributed by atoms with Crippen LogP contribution in [0.5, 0.6) is 5.75 Å². The molecule has 0 unspecified atom stereocenters. The van der Waals surface area contributed by atoms with Crippen molar-refractivity contribution in [3.05, 3.63) is 64.7 Å². The van der Waals surface area contributed by atoms with E-state index in [0.717, 1.165) is 12.5 Å². The van der Waals surface area contributed by atoms with Crippen LogP contribution in [0.15, 0.2) is 36.4 Å². The van der Waals surface area contributed by atoms with Gasteiger partial charge in [-0.3, -0.25) is 4.79 Å². The molecule has 110 valence electrons. The maximum absolute atomic E-state index is 14.1. The van der Waals surface area contributed by atoms with Crippen LogP contribution in [-0.2, 0) is 0 Å². The van der Waals surface area contributed by atoms with E-state index >= 15 is 0 Å². The van der Waals surface area contributed by atoms with Crippen LogP contribution < -0.4 is 4.74 Å². The first-order valence-corrected chi connectivity index (χ1v) is 6.77. The summed E-state index contributed by atoms with van der Waals surface area (Å²) in [6.07, 6.45) is 0.774. The highest BCUT2D eigenvalue weighted by atomic mass is 19.1. The van der Waals surface area contributed by atoms with Crippen molar-refractivity contribution in [3.63, 3.8) is 0 Å². The molecular weight excluding hydrogens is 274 g/mol. The van der Waals surface area contributed by atoms with Gasteiger partial charge in [0.15, 0.2) is 0 Å². The molecule has 0 aliphatic heterocycles. The van der Waals surface area contributed by atoms with E-state index in [0.29, 0.717) is 12.4 Å². The second-order valence-electron chi connectivity index (χ2n) is 4.73. The van der Waals surface area contributed by atoms with E-state index in [2.05, 4.69) is 0 Å². The van der Waals surface area contributed by atoms with Crippen molar-refractivity contribution in [3.8, 4) is 5.75 Å². The van der Waals surface area contributed by atoms with Gasteiger partial charge in [0, 0.05) is 0 Å². The van der Waals surface area contributed by atoms with Gasteiger partial charge in [-0.1, -0.05) is 25.1 Å². The second-order valence-corrected chi connectivity index (χ2v) is 4.73. The molecule has 2 aromatic rings. The van der Waals surface area contributed by atoms with Crippen LogP contribution in [0.4, 0.5) is 8.78 Å². The molecule has 0 aromatic heterocycles. The summed E-state index contributed by atoms with van der Waals surface area (Å²) in [6, 6.07) is 8.88. The number of ketones is 1. The summed E-state index contributed by atoms with van der Waals surface area (Å²) in [4.78, 5) is 12.5. The Morgan fingerprint density at radius 1 is 1.14 bits per heavy atom. The highest BCUT2D eigenvalue weighted by Gasteiger charge is 2.23. The number of para-hydroxylation sites is 1. The number of carbonyl (C=O) groups excluding carboxylic acids is 1. The van der Waals surface area contributed by atoms with Gasteiger partial charge in [0.05, 0.1) is 17.7 Å². The van der Waals surface area contributed by atoms with E-state index < -0.39 is 23.0 Å². The third kappa shape index (κ3) is 3.10. The van der Waals surface area contributed by atoms with Gasteiger partial charge in [0.1, 0.15) is 17.4 Å². The molecule has 4 heteroatoms. The zero-order valence-corrected chi connectivity index (χ0v) is 12.0. The Labute approximate surface area is 122 Å². The van der Waals surface area contributed by atoms with Crippen LogP contribution in [0.3, 0.4) is 0 Å². The summed E-state index contributed by atoms with van der Waals surface area (Å²) >= 11 is 0. The van der Waals surface area contributed by atoms with E-state index in [9.17, 15) is 13.6 Å². The lowest BCUT2D eigenvalue weighted by Crippen LogP contribution is -2.11. The molecule has 0 radical (unpaired) electrons. The molecule has 0 saturated heterocycles. The molecule has 2 rings (SSSR count). The average molecular weight is 290 g/mol. The molecule has 0 fully saturated rings. The Morgan fingerprint density at radius 2 is 1.86 bits per heavy atom. The van der Waals surface area contributed by atoms with Crippen molar-refractivity contribution in [2.45, 2.75) is 20.3 Å². The highest BCUT2D eigenvalue weighted by Crippen LogP contribution is 2.25. The summed E-state index contributed by atoms with van der Waals surface area (Å²) in [7, 11) is 0. The van der Waals surface area contributed by atoms with E-state index in [4.69, 9.17) is 4.74 Å². The summed E-state index contributed by atoms with van der Waals surface area (Å²) in [5.41, 5.74) is -0.149. The van der Waals surface area contributed by atoms with E-state index in [1.54, 1.807) is 18.2 Å². The van der Waals surface area contributed by atoms with Crippen LogP contribution in [-0.4, -0.2) is 12.4 Å². The van der Waals surface area contributed by atoms with E-state index in [1.807, 2.05) is 6.92 Å². The minimum absolute atomic E-state index is 0.161. The van der Waals surface area contributed by atoms with Gasteiger partial charge in [-0.2, -0.15) is 0 Å². The molecule has 0 amide bonds. The first kappa shape index (κ1) is 15.2. The Bertz CT molecular complexity index is 666. The molecule has 0 saturated carbocycles. The molecule has 2 aromatic carbocycles. The lowest BCUT2D eigenvalue weighted by Gasteiger charge is -2.11. The highest BCUT2D eigenvalue weighted by molar-refractivity contribution is 6.11. The van der Waals surface area contributed by atoms with Crippen molar-refractivity contribution in [2.24, 2.45) is 0 Å². The molecule has 0 N–H and O–H groups in total. The molecule has 0 bridgehead atoms. The summed E-state index contributed by atoms with van der Waals surface area (Å²) < 4.78 is 33.4. The van der Waals surface area contributed by atoms with Gasteiger partial charge < -0.3 is 4.74 Å². The molecule has 0 aliphatic rings. The molecule has 2 nitrogen and oxygen atoms in total. The van der Waals surface area contributed by atoms with Crippen molar-refractivity contribution in [2.75, 3.05) is 6.61 Å². The second kappa shape index (κ2) is 6.48. The first-order valence-electron chi connectivity index (χ1n) is 6.77. The zero-order valence-electron chi connectivity index (χ0n) is 12.0. The zero-order chi connectivity index (χ0) is 15.4. The van der Waals surface area contributed by atoms with Crippen LogP contribution in [0, 0.1) is 18.6 Å². The third-order valence-corrected chi connectivity index (χ3v) is 3.10. The predicted molar refractivity (Wildman–Crippen MR) is 76.8 cm³/mol. The predicted octanol–water partition coefficient (Wildman–Crippen LogP) is 4.29. The first-order chi connectivity index (χ1) is 10.1. The molecule has 0 heterocycles. The van der Waals surface area contributed by atoms with Crippen molar-refractivity contribution < 1.29 is 18.3 Å². The Kier molecular flexibility index (Phi) is 4.68. The number of ether oxygens (including phenoxy) is 1. The number of aryl methyl sites for hydroxylation is 1. The summed E-state index contributed by atoms with van der Waals surface area (Å²) in [5.74, 6) is -2.07. The fourth-order valence-electron chi connectivity index (χ4n) is 1.99. The van der Waals surface area contributed by atoms with Crippen LogP contribution in [0.2, 0.25) is 0 Å². The Hall–Kier alpha value is -2.23. The number of hydrogen-bond acceptors (Lipinski definition) is 2. The smallest absolute Gasteiger partial charge is 0.202 e. The molecule has 0 spiro atoms. The monoisotopic (exact) mass is 290 g/mol. The van der Waals surface area contributed by atoms with Crippen molar-refractivity contribution in [1.29, 1.82) is 0 Å². The van der Waals surface area contributed by atoms with Gasteiger partial charge in [0.2, 0.25) is 5.78 Å². The normalized spacial score (nSPS) is 10.5.